The Kier molecular flexibility index (Phi) is 3.32. The minimum Gasteiger partial charge on any atom is -0.476 e. The van der Waals surface area contributed by atoms with Crippen molar-refractivity contribution in [3.05, 3.63) is 52.7 Å². The number of anilines is 2. The zero-order chi connectivity index (χ0) is 14.1. The van der Waals surface area contributed by atoms with Gasteiger partial charge in [-0.2, -0.15) is 0 Å². The maximum absolute atomic E-state index is 11.1. The van der Waals surface area contributed by atoms with Gasteiger partial charge in [-0.05, 0) is 36.6 Å². The summed E-state index contributed by atoms with van der Waals surface area (Å²) in [6, 6.07) is 11.5. The van der Waals surface area contributed by atoms with Gasteiger partial charge in [0.1, 0.15) is 5.82 Å². The number of benzene rings is 1. The summed E-state index contributed by atoms with van der Waals surface area (Å²) in [4.78, 5) is 17.4. The Hall–Kier alpha value is -2.07. The van der Waals surface area contributed by atoms with Crippen LogP contribution in [0.1, 0.15) is 22.5 Å². The molecule has 0 fully saturated rings. The molecule has 2 aromatic rings. The van der Waals surface area contributed by atoms with Crippen LogP contribution in [0.15, 0.2) is 36.4 Å². The third-order valence-electron chi connectivity index (χ3n) is 3.42. The van der Waals surface area contributed by atoms with Crippen molar-refractivity contribution in [2.75, 3.05) is 11.4 Å². The predicted molar refractivity (Wildman–Crippen MR) is 78.0 cm³/mol. The molecule has 0 radical (unpaired) electrons. The van der Waals surface area contributed by atoms with Crippen LogP contribution in [0.2, 0.25) is 5.02 Å². The SMILES string of the molecule is O=C(O)c1nc(N2CCCc3ccccc32)ccc1Cl. The number of hydrogen-bond donors (Lipinski definition) is 1. The maximum atomic E-state index is 11.1. The van der Waals surface area contributed by atoms with Crippen LogP contribution in [0.3, 0.4) is 0 Å². The van der Waals surface area contributed by atoms with E-state index in [1.807, 2.05) is 23.1 Å². The minimum atomic E-state index is -1.11. The summed E-state index contributed by atoms with van der Waals surface area (Å²) in [5.74, 6) is -0.485. The van der Waals surface area contributed by atoms with Gasteiger partial charge in [0.15, 0.2) is 5.69 Å². The van der Waals surface area contributed by atoms with Gasteiger partial charge in [0, 0.05) is 12.2 Å². The molecule has 5 heteroatoms. The third-order valence-corrected chi connectivity index (χ3v) is 3.73. The van der Waals surface area contributed by atoms with Crippen molar-refractivity contribution < 1.29 is 9.90 Å². The van der Waals surface area contributed by atoms with Crippen molar-refractivity contribution in [2.45, 2.75) is 12.8 Å². The van der Waals surface area contributed by atoms with Crippen LogP contribution in [-0.2, 0) is 6.42 Å². The van der Waals surface area contributed by atoms with Gasteiger partial charge < -0.3 is 10.0 Å². The molecule has 1 aliphatic heterocycles. The van der Waals surface area contributed by atoms with Crippen molar-refractivity contribution in [2.24, 2.45) is 0 Å². The summed E-state index contributed by atoms with van der Waals surface area (Å²) in [6.45, 7) is 0.824. The number of para-hydroxylation sites is 1. The predicted octanol–water partition coefficient (Wildman–Crippen LogP) is 3.52. The molecule has 4 nitrogen and oxygen atoms in total. The number of carbonyl (C=O) groups is 1. The number of fused-ring (bicyclic) bond motifs is 1. The van der Waals surface area contributed by atoms with Crippen molar-refractivity contribution in [3.8, 4) is 0 Å². The fourth-order valence-electron chi connectivity index (χ4n) is 2.50. The summed E-state index contributed by atoms with van der Waals surface area (Å²) in [5, 5.41) is 9.28. The highest BCUT2D eigenvalue weighted by Gasteiger charge is 2.20. The standard InChI is InChI=1S/C15H13ClN2O2/c16-11-7-8-13(17-14(11)15(19)20)18-9-3-5-10-4-1-2-6-12(10)18/h1-2,4,6-8H,3,5,9H2,(H,19,20). The Balaban J connectivity index is 2.07. The molecule has 20 heavy (non-hydrogen) atoms. The quantitative estimate of drug-likeness (QED) is 0.919. The third kappa shape index (κ3) is 2.23. The van der Waals surface area contributed by atoms with E-state index in [1.54, 1.807) is 12.1 Å². The number of pyridine rings is 1. The zero-order valence-corrected chi connectivity index (χ0v) is 11.5. The van der Waals surface area contributed by atoms with Crippen LogP contribution in [0.25, 0.3) is 0 Å². The first-order valence-corrected chi connectivity index (χ1v) is 6.80. The topological polar surface area (TPSA) is 53.4 Å². The van der Waals surface area contributed by atoms with Crippen LogP contribution in [0.5, 0.6) is 0 Å². The van der Waals surface area contributed by atoms with Crippen molar-refractivity contribution in [1.82, 2.24) is 4.98 Å². The molecule has 0 saturated carbocycles. The Labute approximate surface area is 121 Å². The molecule has 1 aromatic carbocycles. The molecule has 0 saturated heterocycles. The number of carboxylic acids is 1. The van der Waals surface area contributed by atoms with Gasteiger partial charge in [0.05, 0.1) is 5.02 Å². The molecule has 0 bridgehead atoms. The Morgan fingerprint density at radius 1 is 1.25 bits per heavy atom. The molecule has 0 atom stereocenters. The van der Waals surface area contributed by atoms with Gasteiger partial charge in [-0.1, -0.05) is 29.8 Å². The highest BCUT2D eigenvalue weighted by molar-refractivity contribution is 6.33. The normalized spacial score (nSPS) is 13.9. The fourth-order valence-corrected chi connectivity index (χ4v) is 2.69. The van der Waals surface area contributed by atoms with Crippen molar-refractivity contribution in [1.29, 1.82) is 0 Å². The zero-order valence-electron chi connectivity index (χ0n) is 10.7. The van der Waals surface area contributed by atoms with E-state index in [0.717, 1.165) is 25.1 Å². The second kappa shape index (κ2) is 5.13. The average Bonchev–Trinajstić information content (AvgIpc) is 2.47. The monoisotopic (exact) mass is 288 g/mol. The number of aryl methyl sites for hydroxylation is 1. The number of aromatic nitrogens is 1. The van der Waals surface area contributed by atoms with Gasteiger partial charge in [-0.15, -0.1) is 0 Å². The average molecular weight is 289 g/mol. The van der Waals surface area contributed by atoms with Crippen LogP contribution in [0, 0.1) is 0 Å². The van der Waals surface area contributed by atoms with Crippen LogP contribution < -0.4 is 4.90 Å². The van der Waals surface area contributed by atoms with Gasteiger partial charge in [-0.25, -0.2) is 9.78 Å². The molecule has 2 heterocycles. The first-order chi connectivity index (χ1) is 9.66. The van der Waals surface area contributed by atoms with Crippen molar-refractivity contribution in [3.63, 3.8) is 0 Å². The summed E-state index contributed by atoms with van der Waals surface area (Å²) < 4.78 is 0. The number of nitrogens with zero attached hydrogens (tertiary/aromatic N) is 2. The lowest BCUT2D eigenvalue weighted by Gasteiger charge is -2.30. The van der Waals surface area contributed by atoms with Crippen LogP contribution in [0.4, 0.5) is 11.5 Å². The number of hydrogen-bond acceptors (Lipinski definition) is 3. The van der Waals surface area contributed by atoms with E-state index in [9.17, 15) is 4.79 Å². The highest BCUT2D eigenvalue weighted by Crippen LogP contribution is 2.33. The van der Waals surface area contributed by atoms with E-state index in [-0.39, 0.29) is 10.7 Å². The Bertz CT molecular complexity index is 673. The number of rotatable bonds is 2. The van der Waals surface area contributed by atoms with Gasteiger partial charge >= 0.3 is 5.97 Å². The van der Waals surface area contributed by atoms with E-state index >= 15 is 0 Å². The van der Waals surface area contributed by atoms with E-state index in [4.69, 9.17) is 16.7 Å². The largest absolute Gasteiger partial charge is 0.476 e. The molecular formula is C15H13ClN2O2. The van der Waals surface area contributed by atoms with Gasteiger partial charge in [-0.3, -0.25) is 0 Å². The van der Waals surface area contributed by atoms with Crippen molar-refractivity contribution >= 4 is 29.1 Å². The van der Waals surface area contributed by atoms with E-state index in [1.165, 1.54) is 5.56 Å². The number of halogens is 1. The summed E-state index contributed by atoms with van der Waals surface area (Å²) in [5.41, 5.74) is 2.24. The number of carboxylic acid groups (broad SMARTS) is 1. The van der Waals surface area contributed by atoms with Crippen LogP contribution >= 0.6 is 11.6 Å². The number of aromatic carboxylic acids is 1. The Morgan fingerprint density at radius 2 is 2.05 bits per heavy atom. The molecule has 0 unspecified atom stereocenters. The molecule has 0 aliphatic carbocycles. The fraction of sp³-hybridized carbons (Fsp3) is 0.200. The summed E-state index contributed by atoms with van der Waals surface area (Å²) >= 11 is 5.87. The molecule has 3 rings (SSSR count). The van der Waals surface area contributed by atoms with E-state index in [2.05, 4.69) is 11.1 Å². The first-order valence-electron chi connectivity index (χ1n) is 6.42. The highest BCUT2D eigenvalue weighted by atomic mass is 35.5. The smallest absolute Gasteiger partial charge is 0.356 e. The lowest BCUT2D eigenvalue weighted by molar-refractivity contribution is 0.0691. The molecule has 0 amide bonds. The molecular weight excluding hydrogens is 276 g/mol. The second-order valence-electron chi connectivity index (χ2n) is 4.69. The minimum absolute atomic E-state index is 0.104. The second-order valence-corrected chi connectivity index (χ2v) is 5.10. The molecule has 1 aromatic heterocycles. The molecule has 102 valence electrons. The van der Waals surface area contributed by atoms with E-state index < -0.39 is 5.97 Å². The summed E-state index contributed by atoms with van der Waals surface area (Å²) in [7, 11) is 0. The maximum Gasteiger partial charge on any atom is 0.356 e. The summed E-state index contributed by atoms with van der Waals surface area (Å²) in [6.07, 6.45) is 2.05. The Morgan fingerprint density at radius 3 is 2.85 bits per heavy atom. The molecule has 1 aliphatic rings. The first kappa shape index (κ1) is 12.9. The molecule has 1 N–H and O–H groups in total. The lowest BCUT2D eigenvalue weighted by atomic mass is 10.0. The lowest BCUT2D eigenvalue weighted by Crippen LogP contribution is -2.25. The van der Waals surface area contributed by atoms with Gasteiger partial charge in [0.2, 0.25) is 0 Å². The van der Waals surface area contributed by atoms with E-state index in [0.29, 0.717) is 5.82 Å². The molecule has 0 spiro atoms. The van der Waals surface area contributed by atoms with Gasteiger partial charge in [0.25, 0.3) is 0 Å². The van der Waals surface area contributed by atoms with Crippen LogP contribution in [-0.4, -0.2) is 22.6 Å².